The topological polar surface area (TPSA) is 110 Å². The third-order valence-corrected chi connectivity index (χ3v) is 6.03. The van der Waals surface area contributed by atoms with E-state index in [2.05, 4.69) is 20.4 Å². The molecule has 1 aliphatic heterocycles. The van der Waals surface area contributed by atoms with Crippen LogP contribution in [-0.2, 0) is 21.1 Å². The summed E-state index contributed by atoms with van der Waals surface area (Å²) >= 11 is 0. The van der Waals surface area contributed by atoms with Crippen LogP contribution in [0.3, 0.4) is 0 Å². The first kappa shape index (κ1) is 18.3. The number of nitrogens with one attached hydrogen (secondary N) is 1. The maximum Gasteiger partial charge on any atom is 0.227 e. The van der Waals surface area contributed by atoms with Crippen LogP contribution in [0.5, 0.6) is 0 Å². The maximum absolute atomic E-state index is 11.9. The molecule has 1 amide bonds. The lowest BCUT2D eigenvalue weighted by Gasteiger charge is -2.17. The zero-order valence-electron chi connectivity index (χ0n) is 15.0. The highest BCUT2D eigenvalue weighted by Crippen LogP contribution is 2.32. The van der Waals surface area contributed by atoms with E-state index in [1.54, 1.807) is 24.0 Å². The van der Waals surface area contributed by atoms with Crippen LogP contribution in [0.4, 0.5) is 5.82 Å². The van der Waals surface area contributed by atoms with Gasteiger partial charge in [0.15, 0.2) is 21.5 Å². The van der Waals surface area contributed by atoms with Crippen molar-refractivity contribution in [2.75, 3.05) is 37.5 Å². The van der Waals surface area contributed by atoms with Crippen LogP contribution < -0.4 is 10.2 Å². The number of hydrogen-bond acceptors (Lipinski definition) is 7. The van der Waals surface area contributed by atoms with Gasteiger partial charge < -0.3 is 10.2 Å². The average Bonchev–Trinajstić information content (AvgIpc) is 3.17. The molecule has 1 saturated heterocycles. The first-order valence-electron chi connectivity index (χ1n) is 8.30. The molecule has 1 atom stereocenters. The number of likely N-dealkylation sites (N-methyl/N-ethyl adjacent to an activating group) is 1. The van der Waals surface area contributed by atoms with Crippen LogP contribution in [0, 0.1) is 0 Å². The number of hydrogen-bond donors (Lipinski definition) is 1. The molecule has 2 aromatic heterocycles. The Morgan fingerprint density at radius 3 is 2.81 bits per heavy atom. The molecule has 10 heteroatoms. The number of carbonyl (C=O) groups excluding carboxylic acids is 1. The third kappa shape index (κ3) is 3.69. The average molecular weight is 378 g/mol. The van der Waals surface area contributed by atoms with Crippen LogP contribution in [0.1, 0.15) is 18.3 Å². The molecule has 9 nitrogen and oxygen atoms in total. The normalized spacial score (nSPS) is 18.7. The van der Waals surface area contributed by atoms with Crippen molar-refractivity contribution in [3.8, 4) is 11.4 Å². The maximum atomic E-state index is 11.9. The molecule has 1 fully saturated rings. The molecule has 0 aromatic carbocycles. The largest absolute Gasteiger partial charge is 0.362 e. The van der Waals surface area contributed by atoms with Crippen molar-refractivity contribution in [1.29, 1.82) is 0 Å². The molecule has 0 saturated carbocycles. The molecule has 140 valence electrons. The minimum Gasteiger partial charge on any atom is -0.362 e. The standard InChI is InChI=1S/C16H22N6O3S/c1-17-14(23)9-13-19-16(12-5-4-7-18-15(12)21(2)3)22(20-13)11-6-8-26(24,25)10-11/h4-5,7,11H,6,8-10H2,1-3H3,(H,17,23). The van der Waals surface area contributed by atoms with Crippen LogP contribution in [0.25, 0.3) is 11.4 Å². The SMILES string of the molecule is CNC(=O)Cc1nc(-c2cccnc2N(C)C)n(C2CCS(=O)(=O)C2)n1. The Bertz CT molecular complexity index is 922. The van der Waals surface area contributed by atoms with Gasteiger partial charge >= 0.3 is 0 Å². The van der Waals surface area contributed by atoms with Crippen LogP contribution in [-0.4, -0.2) is 66.7 Å². The highest BCUT2D eigenvalue weighted by Gasteiger charge is 2.33. The molecule has 1 N–H and O–H groups in total. The monoisotopic (exact) mass is 378 g/mol. The number of rotatable bonds is 5. The molecule has 3 rings (SSSR count). The summed E-state index contributed by atoms with van der Waals surface area (Å²) in [5, 5.41) is 7.01. The molecule has 0 radical (unpaired) electrons. The van der Waals surface area contributed by atoms with E-state index in [0.717, 1.165) is 5.56 Å². The van der Waals surface area contributed by atoms with Gasteiger partial charge in [0.05, 0.1) is 29.5 Å². The number of carbonyl (C=O) groups is 1. The van der Waals surface area contributed by atoms with E-state index in [1.165, 1.54) is 0 Å². The number of sulfone groups is 1. The second-order valence-corrected chi connectivity index (χ2v) is 8.70. The zero-order chi connectivity index (χ0) is 18.9. The number of pyridine rings is 1. The number of anilines is 1. The smallest absolute Gasteiger partial charge is 0.227 e. The minimum absolute atomic E-state index is 0.0281. The summed E-state index contributed by atoms with van der Waals surface area (Å²) in [6.07, 6.45) is 2.20. The van der Waals surface area contributed by atoms with E-state index < -0.39 is 9.84 Å². The molecule has 0 spiro atoms. The van der Waals surface area contributed by atoms with Crippen molar-refractivity contribution in [3.05, 3.63) is 24.2 Å². The van der Waals surface area contributed by atoms with Crippen molar-refractivity contribution in [2.45, 2.75) is 18.9 Å². The van der Waals surface area contributed by atoms with Gasteiger partial charge in [0.2, 0.25) is 5.91 Å². The van der Waals surface area contributed by atoms with Crippen LogP contribution in [0.2, 0.25) is 0 Å². The fourth-order valence-corrected chi connectivity index (χ4v) is 4.70. The van der Waals surface area contributed by atoms with E-state index in [4.69, 9.17) is 0 Å². The summed E-state index contributed by atoms with van der Waals surface area (Å²) in [5.74, 6) is 1.55. The van der Waals surface area contributed by atoms with Gasteiger partial charge in [-0.3, -0.25) is 4.79 Å². The van der Waals surface area contributed by atoms with Gasteiger partial charge in [0.25, 0.3) is 0 Å². The number of aromatic nitrogens is 4. The summed E-state index contributed by atoms with van der Waals surface area (Å²) in [6.45, 7) is 0. The summed E-state index contributed by atoms with van der Waals surface area (Å²) < 4.78 is 25.5. The highest BCUT2D eigenvalue weighted by molar-refractivity contribution is 7.91. The van der Waals surface area contributed by atoms with Gasteiger partial charge in [-0.1, -0.05) is 0 Å². The van der Waals surface area contributed by atoms with Crippen LogP contribution >= 0.6 is 0 Å². The van der Waals surface area contributed by atoms with Gasteiger partial charge in [-0.25, -0.2) is 23.1 Å². The molecule has 1 aliphatic rings. The highest BCUT2D eigenvalue weighted by atomic mass is 32.2. The van der Waals surface area contributed by atoms with Crippen molar-refractivity contribution < 1.29 is 13.2 Å². The van der Waals surface area contributed by atoms with Crippen molar-refractivity contribution in [1.82, 2.24) is 25.1 Å². The van der Waals surface area contributed by atoms with Crippen LogP contribution in [0.15, 0.2) is 18.3 Å². The predicted octanol–water partition coefficient (Wildman–Crippen LogP) is 0.0542. The Balaban J connectivity index is 2.10. The predicted molar refractivity (Wildman–Crippen MR) is 97.7 cm³/mol. The lowest BCUT2D eigenvalue weighted by atomic mass is 10.2. The molecule has 2 aromatic rings. The lowest BCUT2D eigenvalue weighted by molar-refractivity contribution is -0.120. The Morgan fingerprint density at radius 1 is 1.42 bits per heavy atom. The van der Waals surface area contributed by atoms with Gasteiger partial charge in [0, 0.05) is 27.3 Å². The fraction of sp³-hybridized carbons (Fsp3) is 0.500. The van der Waals surface area contributed by atoms with Crippen molar-refractivity contribution in [3.63, 3.8) is 0 Å². The number of nitrogens with zero attached hydrogens (tertiary/aromatic N) is 5. The summed E-state index contributed by atoms with van der Waals surface area (Å²) in [4.78, 5) is 22.5. The first-order valence-corrected chi connectivity index (χ1v) is 10.1. The van der Waals surface area contributed by atoms with Crippen molar-refractivity contribution in [2.24, 2.45) is 0 Å². The van der Waals surface area contributed by atoms with Gasteiger partial charge in [0.1, 0.15) is 5.82 Å². The zero-order valence-corrected chi connectivity index (χ0v) is 15.8. The van der Waals surface area contributed by atoms with E-state index in [-0.39, 0.29) is 29.9 Å². The van der Waals surface area contributed by atoms with E-state index in [0.29, 0.717) is 23.9 Å². The van der Waals surface area contributed by atoms with Gasteiger partial charge in [-0.2, -0.15) is 5.10 Å². The lowest BCUT2D eigenvalue weighted by Crippen LogP contribution is -2.21. The van der Waals surface area contributed by atoms with E-state index in [1.807, 2.05) is 25.1 Å². The van der Waals surface area contributed by atoms with Crippen molar-refractivity contribution >= 4 is 21.6 Å². The minimum atomic E-state index is -3.08. The first-order chi connectivity index (χ1) is 12.3. The molecule has 26 heavy (non-hydrogen) atoms. The summed E-state index contributed by atoms with van der Waals surface area (Å²) in [5.41, 5.74) is 0.748. The third-order valence-electron chi connectivity index (χ3n) is 4.28. The molecule has 0 aliphatic carbocycles. The summed E-state index contributed by atoms with van der Waals surface area (Å²) in [6, 6.07) is 3.37. The van der Waals surface area contributed by atoms with Gasteiger partial charge in [-0.15, -0.1) is 0 Å². The Kier molecular flexibility index (Phi) is 4.94. The van der Waals surface area contributed by atoms with E-state index in [9.17, 15) is 13.2 Å². The molecular weight excluding hydrogens is 356 g/mol. The Labute approximate surface area is 152 Å². The quantitative estimate of drug-likeness (QED) is 0.783. The Morgan fingerprint density at radius 2 is 2.19 bits per heavy atom. The summed E-state index contributed by atoms with van der Waals surface area (Å²) in [7, 11) is 2.22. The second kappa shape index (κ2) is 7.02. The molecule has 3 heterocycles. The molecular formula is C16H22N6O3S. The Hall–Kier alpha value is -2.49. The van der Waals surface area contributed by atoms with Gasteiger partial charge in [-0.05, 0) is 18.6 Å². The molecule has 1 unspecified atom stereocenters. The number of amides is 1. The second-order valence-electron chi connectivity index (χ2n) is 6.47. The fourth-order valence-electron chi connectivity index (χ4n) is 3.01. The van der Waals surface area contributed by atoms with E-state index >= 15 is 0 Å². The molecule has 0 bridgehead atoms.